The maximum Gasteiger partial charge on any atom is 0.335 e. The molecule has 0 saturated carbocycles. The summed E-state index contributed by atoms with van der Waals surface area (Å²) in [6.45, 7) is 2.01. The van der Waals surface area contributed by atoms with Crippen molar-refractivity contribution in [3.05, 3.63) is 89.2 Å². The van der Waals surface area contributed by atoms with E-state index in [-0.39, 0.29) is 5.56 Å². The zero-order valence-electron chi connectivity index (χ0n) is 13.7. The molecule has 0 aliphatic rings. The van der Waals surface area contributed by atoms with E-state index < -0.39 is 5.97 Å². The lowest BCUT2D eigenvalue weighted by Crippen LogP contribution is -1.99. The highest BCUT2D eigenvalue weighted by Gasteiger charge is 2.07. The highest BCUT2D eigenvalue weighted by molar-refractivity contribution is 5.89. The zero-order chi connectivity index (χ0) is 17.8. The van der Waals surface area contributed by atoms with Crippen LogP contribution in [0.2, 0.25) is 0 Å². The van der Waals surface area contributed by atoms with Crippen LogP contribution >= 0.6 is 0 Å². The lowest BCUT2D eigenvalue weighted by molar-refractivity contribution is 0.0697. The first-order valence-electron chi connectivity index (χ1n) is 7.78. The number of aryl methyl sites for hydroxylation is 1. The molecule has 1 heterocycles. The average molecular weight is 328 g/mol. The van der Waals surface area contributed by atoms with Crippen LogP contribution in [0.4, 0.5) is 0 Å². The predicted molar refractivity (Wildman–Crippen MR) is 97.4 cm³/mol. The minimum atomic E-state index is -0.953. The molecule has 4 nitrogen and oxygen atoms in total. The first kappa shape index (κ1) is 16.3. The lowest BCUT2D eigenvalue weighted by atomic mass is 10.0. The molecule has 0 bridgehead atoms. The van der Waals surface area contributed by atoms with Gasteiger partial charge in [0.2, 0.25) is 0 Å². The van der Waals surface area contributed by atoms with Gasteiger partial charge in [0.15, 0.2) is 0 Å². The van der Waals surface area contributed by atoms with Crippen molar-refractivity contribution in [2.24, 2.45) is 0 Å². The zero-order valence-corrected chi connectivity index (χ0v) is 13.7. The Bertz CT molecular complexity index is 972. The number of carboxylic acid groups (broad SMARTS) is 1. The number of nitriles is 1. The summed E-state index contributed by atoms with van der Waals surface area (Å²) in [5, 5.41) is 18.5. The number of aromatic nitrogens is 1. The number of hydrogen-bond donors (Lipinski definition) is 1. The Hall–Kier alpha value is -3.58. The van der Waals surface area contributed by atoms with E-state index in [2.05, 4.69) is 6.07 Å². The maximum atomic E-state index is 11.0. The summed E-state index contributed by atoms with van der Waals surface area (Å²) in [6.07, 6.45) is 3.71. The fraction of sp³-hybridized carbons (Fsp3) is 0.0476. The summed E-state index contributed by atoms with van der Waals surface area (Å²) in [5.41, 5.74) is 4.50. The van der Waals surface area contributed by atoms with Crippen LogP contribution in [0.5, 0.6) is 0 Å². The molecule has 1 aromatic heterocycles. The molecule has 0 aliphatic carbocycles. The number of rotatable bonds is 4. The van der Waals surface area contributed by atoms with Crippen LogP contribution in [0, 0.1) is 18.3 Å². The molecular weight excluding hydrogens is 312 g/mol. The van der Waals surface area contributed by atoms with Gasteiger partial charge in [-0.2, -0.15) is 5.26 Å². The molecule has 0 amide bonds. The molecule has 1 N–H and O–H groups in total. The van der Waals surface area contributed by atoms with E-state index in [0.29, 0.717) is 5.57 Å². The van der Waals surface area contributed by atoms with Crippen molar-refractivity contribution in [1.29, 1.82) is 5.26 Å². The summed E-state index contributed by atoms with van der Waals surface area (Å²) < 4.78 is 1.91. The summed E-state index contributed by atoms with van der Waals surface area (Å²) in [6, 6.07) is 20.5. The lowest BCUT2D eigenvalue weighted by Gasteiger charge is -2.08. The molecular formula is C21H16N2O2. The Kier molecular flexibility index (Phi) is 4.49. The van der Waals surface area contributed by atoms with E-state index >= 15 is 0 Å². The van der Waals surface area contributed by atoms with Gasteiger partial charge in [0.25, 0.3) is 0 Å². The third kappa shape index (κ3) is 3.51. The van der Waals surface area contributed by atoms with E-state index in [9.17, 15) is 10.1 Å². The molecule has 25 heavy (non-hydrogen) atoms. The number of nitrogens with zero attached hydrogens (tertiary/aromatic N) is 2. The molecule has 0 aliphatic heterocycles. The molecule has 4 heteroatoms. The summed E-state index contributed by atoms with van der Waals surface area (Å²) in [5.74, 6) is -0.953. The molecule has 0 spiro atoms. The van der Waals surface area contributed by atoms with Crippen LogP contribution in [-0.4, -0.2) is 15.6 Å². The number of carbonyl (C=O) groups is 1. The molecule has 2 aromatic carbocycles. The second-order valence-corrected chi connectivity index (χ2v) is 5.69. The fourth-order valence-corrected chi connectivity index (χ4v) is 2.57. The second kappa shape index (κ2) is 6.90. The van der Waals surface area contributed by atoms with Crippen molar-refractivity contribution in [1.82, 2.24) is 4.57 Å². The number of benzene rings is 2. The molecule has 122 valence electrons. The molecule has 0 radical (unpaired) electrons. The van der Waals surface area contributed by atoms with E-state index in [0.717, 1.165) is 22.5 Å². The van der Waals surface area contributed by atoms with Crippen LogP contribution < -0.4 is 0 Å². The maximum absolute atomic E-state index is 11.0. The van der Waals surface area contributed by atoms with Crippen LogP contribution in [0.3, 0.4) is 0 Å². The van der Waals surface area contributed by atoms with Crippen molar-refractivity contribution in [3.8, 4) is 11.8 Å². The quantitative estimate of drug-likeness (QED) is 0.715. The SMILES string of the molecule is Cc1ccc(/C(C#N)=C\c2cccn2-c2ccc(C(=O)O)cc2)cc1. The van der Waals surface area contributed by atoms with E-state index in [1.165, 1.54) is 0 Å². The number of hydrogen-bond acceptors (Lipinski definition) is 2. The van der Waals surface area contributed by atoms with Gasteiger partial charge in [0.05, 0.1) is 17.2 Å². The summed E-state index contributed by atoms with van der Waals surface area (Å²) in [7, 11) is 0. The van der Waals surface area contributed by atoms with E-state index in [1.54, 1.807) is 24.3 Å². The van der Waals surface area contributed by atoms with Gasteiger partial charge in [0, 0.05) is 17.6 Å². The fourth-order valence-electron chi connectivity index (χ4n) is 2.57. The van der Waals surface area contributed by atoms with Gasteiger partial charge in [0.1, 0.15) is 0 Å². The number of carboxylic acids is 1. The van der Waals surface area contributed by atoms with Gasteiger partial charge in [-0.25, -0.2) is 4.79 Å². The van der Waals surface area contributed by atoms with Crippen LogP contribution in [0.1, 0.15) is 27.2 Å². The van der Waals surface area contributed by atoms with Gasteiger partial charge in [-0.3, -0.25) is 0 Å². The topological polar surface area (TPSA) is 66.0 Å². The van der Waals surface area contributed by atoms with Crippen molar-refractivity contribution in [2.75, 3.05) is 0 Å². The highest BCUT2D eigenvalue weighted by Crippen LogP contribution is 2.21. The van der Waals surface area contributed by atoms with Crippen molar-refractivity contribution in [3.63, 3.8) is 0 Å². The van der Waals surface area contributed by atoms with Crippen molar-refractivity contribution < 1.29 is 9.90 Å². The molecule has 0 unspecified atom stereocenters. The van der Waals surface area contributed by atoms with Gasteiger partial charge in [-0.05, 0) is 55.0 Å². The largest absolute Gasteiger partial charge is 0.478 e. The van der Waals surface area contributed by atoms with Crippen molar-refractivity contribution in [2.45, 2.75) is 6.92 Å². The Morgan fingerprint density at radius 1 is 1.04 bits per heavy atom. The average Bonchev–Trinajstić information content (AvgIpc) is 3.09. The van der Waals surface area contributed by atoms with Gasteiger partial charge in [-0.1, -0.05) is 29.8 Å². The summed E-state index contributed by atoms with van der Waals surface area (Å²) in [4.78, 5) is 11.0. The monoisotopic (exact) mass is 328 g/mol. The smallest absolute Gasteiger partial charge is 0.335 e. The number of allylic oxidation sites excluding steroid dienone is 1. The van der Waals surface area contributed by atoms with Crippen molar-refractivity contribution >= 4 is 17.6 Å². The summed E-state index contributed by atoms with van der Waals surface area (Å²) >= 11 is 0. The first-order chi connectivity index (χ1) is 12.1. The van der Waals surface area contributed by atoms with Gasteiger partial charge < -0.3 is 9.67 Å². The van der Waals surface area contributed by atoms with Gasteiger partial charge >= 0.3 is 5.97 Å². The first-order valence-corrected chi connectivity index (χ1v) is 7.78. The molecule has 0 atom stereocenters. The molecule has 3 aromatic rings. The standard InChI is InChI=1S/C21H16N2O2/c1-15-4-6-16(7-5-15)18(14-22)13-20-3-2-12-23(20)19-10-8-17(9-11-19)21(24)25/h2-13H,1H3,(H,24,25)/b18-13-. The third-order valence-electron chi connectivity index (χ3n) is 3.95. The Balaban J connectivity index is 1.99. The third-order valence-corrected chi connectivity index (χ3v) is 3.95. The van der Waals surface area contributed by atoms with Gasteiger partial charge in [-0.15, -0.1) is 0 Å². The Morgan fingerprint density at radius 2 is 1.68 bits per heavy atom. The van der Waals surface area contributed by atoms with E-state index in [4.69, 9.17) is 5.11 Å². The highest BCUT2D eigenvalue weighted by atomic mass is 16.4. The molecule has 0 saturated heterocycles. The number of aromatic carboxylic acids is 1. The van der Waals surface area contributed by atoms with Crippen LogP contribution in [-0.2, 0) is 0 Å². The minimum Gasteiger partial charge on any atom is -0.478 e. The van der Waals surface area contributed by atoms with Crippen LogP contribution in [0.15, 0.2) is 66.9 Å². The Morgan fingerprint density at radius 3 is 2.28 bits per heavy atom. The molecule has 3 rings (SSSR count). The minimum absolute atomic E-state index is 0.241. The Labute approximate surface area is 145 Å². The van der Waals surface area contributed by atoms with Crippen LogP contribution in [0.25, 0.3) is 17.3 Å². The normalized spacial score (nSPS) is 11.1. The second-order valence-electron chi connectivity index (χ2n) is 5.69. The predicted octanol–water partition coefficient (Wildman–Crippen LogP) is 4.55. The van der Waals surface area contributed by atoms with E-state index in [1.807, 2.05) is 60.2 Å². The molecule has 0 fully saturated rings.